The molecule has 4 heteroatoms. The molecule has 0 aliphatic rings. The number of carbonyl (C=O) groups excluding carboxylic acids is 1. The van der Waals surface area contributed by atoms with Crippen LogP contribution in [0.4, 0.5) is 0 Å². The smallest absolute Gasteiger partial charge is 0.332 e. The van der Waals surface area contributed by atoms with Crippen LogP contribution in [0.5, 0.6) is 0 Å². The molecule has 0 aromatic carbocycles. The molecule has 0 spiro atoms. The Kier molecular flexibility index (Phi) is 24.5. The van der Waals surface area contributed by atoms with Gasteiger partial charge in [-0.1, -0.05) is 46.6 Å². The van der Waals surface area contributed by atoms with Crippen molar-refractivity contribution in [1.29, 1.82) is 0 Å². The van der Waals surface area contributed by atoms with Gasteiger partial charge in [0.25, 0.3) is 0 Å². The Morgan fingerprint density at radius 2 is 1.29 bits per heavy atom. The van der Waals surface area contributed by atoms with Gasteiger partial charge in [-0.05, 0) is 44.7 Å². The number of esters is 1. The summed E-state index contributed by atoms with van der Waals surface area (Å²) in [5.41, 5.74) is 0.433. The van der Waals surface area contributed by atoms with Crippen LogP contribution in [-0.2, 0) is 9.53 Å². The Labute approximate surface area is 140 Å². The molecule has 128 valence electrons. The maximum absolute atomic E-state index is 10.2. The third-order valence-corrected chi connectivity index (χ3v) is 5.86. The van der Waals surface area contributed by atoms with Crippen LogP contribution in [0.1, 0.15) is 66.2 Å². The van der Waals surface area contributed by atoms with Gasteiger partial charge in [-0.3, -0.25) is 0 Å². The molecule has 0 radical (unpaired) electrons. The molecule has 0 fully saturated rings. The number of rotatable bonds is 10. The van der Waals surface area contributed by atoms with E-state index in [2.05, 4.69) is 32.1 Å². The molecular formula is C17H36ClO2P. The first-order chi connectivity index (χ1) is 9.53. The Morgan fingerprint density at radius 1 is 0.952 bits per heavy atom. The molecule has 0 rings (SSSR count). The van der Waals surface area contributed by atoms with E-state index in [1.807, 2.05) is 0 Å². The third-order valence-electron chi connectivity index (χ3n) is 3.02. The second-order valence-corrected chi connectivity index (χ2v) is 7.86. The van der Waals surface area contributed by atoms with Crippen molar-refractivity contribution in [1.82, 2.24) is 0 Å². The Morgan fingerprint density at radius 3 is 1.43 bits per heavy atom. The lowest BCUT2D eigenvalue weighted by Crippen LogP contribution is -1.98. The summed E-state index contributed by atoms with van der Waals surface area (Å²) in [6.45, 7) is 11.9. The number of hydrogen-bond donors (Lipinski definition) is 0. The fourth-order valence-corrected chi connectivity index (χ4v) is 4.62. The highest BCUT2D eigenvalue weighted by molar-refractivity contribution is 7.57. The standard InChI is InChI=1S/C12H27P.C5H8O2.ClH/c1-4-7-10-13(11-8-5-2)12-9-6-3;1-4(2)5(6)7-3;/h4-12H2,1-3H3;1H2,2-3H3;1H. The van der Waals surface area contributed by atoms with Gasteiger partial charge in [0.1, 0.15) is 0 Å². The Bertz CT molecular complexity index is 226. The highest BCUT2D eigenvalue weighted by Crippen LogP contribution is 2.38. The number of ether oxygens (including phenoxy) is 1. The summed E-state index contributed by atoms with van der Waals surface area (Å²) >= 11 is 0. The molecule has 0 aliphatic heterocycles. The summed E-state index contributed by atoms with van der Waals surface area (Å²) < 4.78 is 4.27. The predicted octanol–water partition coefficient (Wildman–Crippen LogP) is 6.03. The Hall–Kier alpha value is -0.0700. The fourth-order valence-electron chi connectivity index (χ4n) is 1.65. The van der Waals surface area contributed by atoms with Gasteiger partial charge in [-0.25, -0.2) is 4.79 Å². The molecule has 0 aromatic rings. The number of halogens is 1. The van der Waals surface area contributed by atoms with Crippen LogP contribution >= 0.6 is 20.3 Å². The molecule has 0 atom stereocenters. The maximum Gasteiger partial charge on any atom is 0.332 e. The van der Waals surface area contributed by atoms with E-state index in [-0.39, 0.29) is 18.4 Å². The van der Waals surface area contributed by atoms with Crippen LogP contribution in [0.2, 0.25) is 0 Å². The normalized spacial score (nSPS) is 9.43. The molecule has 2 nitrogen and oxygen atoms in total. The number of methoxy groups -OCH3 is 1. The van der Waals surface area contributed by atoms with E-state index in [0.717, 1.165) is 0 Å². The summed E-state index contributed by atoms with van der Waals surface area (Å²) in [5.74, 6) is -0.347. The molecule has 0 bridgehead atoms. The van der Waals surface area contributed by atoms with Gasteiger partial charge in [-0.2, -0.15) is 0 Å². The van der Waals surface area contributed by atoms with E-state index in [1.54, 1.807) is 25.4 Å². The lowest BCUT2D eigenvalue weighted by molar-refractivity contribution is -0.136. The van der Waals surface area contributed by atoms with E-state index in [0.29, 0.717) is 13.5 Å². The van der Waals surface area contributed by atoms with Crippen molar-refractivity contribution in [2.45, 2.75) is 66.2 Å². The van der Waals surface area contributed by atoms with Gasteiger partial charge >= 0.3 is 5.97 Å². The molecule has 0 saturated carbocycles. The fraction of sp³-hybridized carbons (Fsp3) is 0.824. The zero-order chi connectivity index (χ0) is 15.8. The maximum atomic E-state index is 10.2. The molecule has 0 unspecified atom stereocenters. The van der Waals surface area contributed by atoms with E-state index >= 15 is 0 Å². The zero-order valence-electron chi connectivity index (χ0n) is 14.7. The van der Waals surface area contributed by atoms with Gasteiger partial charge in [0, 0.05) is 5.57 Å². The predicted molar refractivity (Wildman–Crippen MR) is 100 cm³/mol. The van der Waals surface area contributed by atoms with Crippen molar-refractivity contribution in [3.8, 4) is 0 Å². The van der Waals surface area contributed by atoms with Gasteiger partial charge in [0.15, 0.2) is 0 Å². The van der Waals surface area contributed by atoms with Gasteiger partial charge in [0.2, 0.25) is 0 Å². The third kappa shape index (κ3) is 19.9. The molecule has 0 saturated heterocycles. The highest BCUT2D eigenvalue weighted by Gasteiger charge is 2.05. The molecule has 0 N–H and O–H groups in total. The van der Waals surface area contributed by atoms with Gasteiger partial charge in [-0.15, -0.1) is 20.3 Å². The van der Waals surface area contributed by atoms with Gasteiger partial charge in [0.05, 0.1) is 7.11 Å². The first kappa shape index (κ1) is 25.9. The van der Waals surface area contributed by atoms with E-state index < -0.39 is 0 Å². The van der Waals surface area contributed by atoms with Crippen molar-refractivity contribution in [3.05, 3.63) is 12.2 Å². The summed E-state index contributed by atoms with van der Waals surface area (Å²) in [6.07, 6.45) is 13.2. The van der Waals surface area contributed by atoms with Crippen LogP contribution in [0.15, 0.2) is 12.2 Å². The van der Waals surface area contributed by atoms with E-state index in [4.69, 9.17) is 0 Å². The minimum absolute atomic E-state index is 0. The summed E-state index contributed by atoms with van der Waals surface area (Å²) in [7, 11) is 1.75. The second kappa shape index (κ2) is 19.9. The van der Waals surface area contributed by atoms with E-state index in [9.17, 15) is 4.79 Å². The van der Waals surface area contributed by atoms with Crippen molar-refractivity contribution < 1.29 is 9.53 Å². The van der Waals surface area contributed by atoms with Crippen molar-refractivity contribution in [2.24, 2.45) is 0 Å². The lowest BCUT2D eigenvalue weighted by Gasteiger charge is -2.16. The number of hydrogen-bond acceptors (Lipinski definition) is 2. The average molecular weight is 339 g/mol. The summed E-state index contributed by atoms with van der Waals surface area (Å²) in [6, 6.07) is 0. The second-order valence-electron chi connectivity index (χ2n) is 5.17. The SMILES string of the molecule is C=C(C)C(=O)OC.CCCCP(CCCC)CCCC.Cl. The average Bonchev–Trinajstić information content (AvgIpc) is 2.46. The van der Waals surface area contributed by atoms with Crippen LogP contribution in [-0.4, -0.2) is 31.6 Å². The molecular weight excluding hydrogens is 303 g/mol. The largest absolute Gasteiger partial charge is 0.466 e. The van der Waals surface area contributed by atoms with Crippen molar-refractivity contribution in [3.63, 3.8) is 0 Å². The molecule has 0 aliphatic carbocycles. The van der Waals surface area contributed by atoms with Crippen LogP contribution < -0.4 is 0 Å². The Balaban J connectivity index is -0.000000347. The number of unbranched alkanes of at least 4 members (excludes halogenated alkanes) is 3. The van der Waals surface area contributed by atoms with Crippen molar-refractivity contribution in [2.75, 3.05) is 25.6 Å². The van der Waals surface area contributed by atoms with Crippen molar-refractivity contribution >= 4 is 26.3 Å². The first-order valence-corrected chi connectivity index (χ1v) is 9.89. The molecule has 21 heavy (non-hydrogen) atoms. The van der Waals surface area contributed by atoms with E-state index in [1.165, 1.54) is 45.6 Å². The summed E-state index contributed by atoms with van der Waals surface area (Å²) in [4.78, 5) is 10.2. The highest BCUT2D eigenvalue weighted by atomic mass is 35.5. The van der Waals surface area contributed by atoms with Gasteiger partial charge < -0.3 is 4.74 Å². The minimum Gasteiger partial charge on any atom is -0.466 e. The lowest BCUT2D eigenvalue weighted by atomic mass is 10.4. The molecule has 0 heterocycles. The summed E-state index contributed by atoms with van der Waals surface area (Å²) in [5, 5.41) is 0. The van der Waals surface area contributed by atoms with Crippen LogP contribution in [0.3, 0.4) is 0 Å². The molecule has 0 amide bonds. The molecule has 0 aromatic heterocycles. The quantitative estimate of drug-likeness (QED) is 0.276. The monoisotopic (exact) mass is 338 g/mol. The minimum atomic E-state index is -0.347. The zero-order valence-corrected chi connectivity index (χ0v) is 16.5. The number of carbonyl (C=O) groups is 1. The van der Waals surface area contributed by atoms with Crippen LogP contribution in [0, 0.1) is 0 Å². The van der Waals surface area contributed by atoms with Crippen LogP contribution in [0.25, 0.3) is 0 Å². The topological polar surface area (TPSA) is 26.3 Å². The first-order valence-electron chi connectivity index (χ1n) is 7.99.